The van der Waals surface area contributed by atoms with Crippen LogP contribution in [0, 0.1) is 0 Å². The van der Waals surface area contributed by atoms with Crippen LogP contribution in [0.4, 0.5) is 5.69 Å². The van der Waals surface area contributed by atoms with Crippen LogP contribution in [0.2, 0.25) is 0 Å². The Labute approximate surface area is 103 Å². The van der Waals surface area contributed by atoms with Crippen molar-refractivity contribution in [1.82, 2.24) is 0 Å². The maximum Gasteiger partial charge on any atom is 0.121 e. The van der Waals surface area contributed by atoms with Crippen molar-refractivity contribution in [2.75, 3.05) is 11.9 Å². The summed E-state index contributed by atoms with van der Waals surface area (Å²) in [6.07, 6.45) is 4.06. The van der Waals surface area contributed by atoms with Crippen LogP contribution in [0.25, 0.3) is 0 Å². The van der Waals surface area contributed by atoms with E-state index in [0.29, 0.717) is 6.61 Å². The second-order valence-corrected chi connectivity index (χ2v) is 4.56. The third kappa shape index (κ3) is 3.37. The molecular weight excluding hydrogens is 214 g/mol. The van der Waals surface area contributed by atoms with Gasteiger partial charge in [-0.3, -0.25) is 0 Å². The lowest BCUT2D eigenvalue weighted by atomic mass is 9.92. The molecule has 0 radical (unpaired) electrons. The molecular formula is C14H21NO2. The van der Waals surface area contributed by atoms with Gasteiger partial charge in [0.05, 0.1) is 18.8 Å². The first-order valence-corrected chi connectivity index (χ1v) is 6.47. The van der Waals surface area contributed by atoms with Crippen molar-refractivity contribution in [3.8, 4) is 5.75 Å². The summed E-state index contributed by atoms with van der Waals surface area (Å²) in [5.74, 6) is 0.878. The van der Waals surface area contributed by atoms with Crippen molar-refractivity contribution >= 4 is 5.69 Å². The topological polar surface area (TPSA) is 41.5 Å². The van der Waals surface area contributed by atoms with Crippen molar-refractivity contribution in [3.63, 3.8) is 0 Å². The van der Waals surface area contributed by atoms with Gasteiger partial charge in [-0.2, -0.15) is 0 Å². The highest BCUT2D eigenvalue weighted by atomic mass is 16.5. The predicted molar refractivity (Wildman–Crippen MR) is 69.5 cm³/mol. The molecule has 2 N–H and O–H groups in total. The molecule has 0 aromatic heterocycles. The Kier molecular flexibility index (Phi) is 4.26. The molecule has 0 amide bonds. The van der Waals surface area contributed by atoms with Gasteiger partial charge in [-0.25, -0.2) is 0 Å². The number of rotatable bonds is 4. The van der Waals surface area contributed by atoms with Crippen LogP contribution in [-0.2, 0) is 0 Å². The Morgan fingerprint density at radius 2 is 2.18 bits per heavy atom. The Morgan fingerprint density at radius 1 is 1.35 bits per heavy atom. The smallest absolute Gasteiger partial charge is 0.121 e. The summed E-state index contributed by atoms with van der Waals surface area (Å²) in [6.45, 7) is 2.65. The second-order valence-electron chi connectivity index (χ2n) is 4.56. The zero-order valence-electron chi connectivity index (χ0n) is 10.4. The van der Waals surface area contributed by atoms with Crippen LogP contribution in [0.5, 0.6) is 5.75 Å². The minimum Gasteiger partial charge on any atom is -0.494 e. The maximum absolute atomic E-state index is 9.91. The van der Waals surface area contributed by atoms with Gasteiger partial charge in [-0.1, -0.05) is 18.9 Å². The summed E-state index contributed by atoms with van der Waals surface area (Å²) in [7, 11) is 0. The summed E-state index contributed by atoms with van der Waals surface area (Å²) in [4.78, 5) is 0. The molecule has 2 atom stereocenters. The molecule has 0 saturated heterocycles. The molecule has 2 rings (SSSR count). The largest absolute Gasteiger partial charge is 0.494 e. The lowest BCUT2D eigenvalue weighted by Gasteiger charge is -2.29. The van der Waals surface area contributed by atoms with Crippen LogP contribution in [0.15, 0.2) is 24.3 Å². The lowest BCUT2D eigenvalue weighted by molar-refractivity contribution is 0.116. The van der Waals surface area contributed by atoms with E-state index in [1.165, 1.54) is 6.42 Å². The minimum atomic E-state index is -0.223. The highest BCUT2D eigenvalue weighted by Crippen LogP contribution is 2.24. The van der Waals surface area contributed by atoms with E-state index in [2.05, 4.69) is 5.32 Å². The lowest BCUT2D eigenvalue weighted by Crippen LogP contribution is -2.36. The SMILES string of the molecule is CCOc1cccc(N[C@@H]2CCCC[C@H]2O)c1. The molecule has 3 heteroatoms. The number of nitrogens with one attached hydrogen (secondary N) is 1. The Morgan fingerprint density at radius 3 is 2.94 bits per heavy atom. The fourth-order valence-corrected chi connectivity index (χ4v) is 2.34. The fourth-order valence-electron chi connectivity index (χ4n) is 2.34. The highest BCUT2D eigenvalue weighted by Gasteiger charge is 2.22. The first-order chi connectivity index (χ1) is 8.29. The molecule has 17 heavy (non-hydrogen) atoms. The molecule has 94 valence electrons. The number of benzene rings is 1. The first kappa shape index (κ1) is 12.2. The molecule has 1 saturated carbocycles. The normalized spacial score (nSPS) is 24.4. The third-order valence-corrected chi connectivity index (χ3v) is 3.23. The molecule has 0 aliphatic heterocycles. The van der Waals surface area contributed by atoms with Crippen LogP contribution in [0.1, 0.15) is 32.6 Å². The van der Waals surface area contributed by atoms with Crippen molar-refractivity contribution in [1.29, 1.82) is 0 Å². The summed E-state index contributed by atoms with van der Waals surface area (Å²) < 4.78 is 5.46. The summed E-state index contributed by atoms with van der Waals surface area (Å²) in [5, 5.41) is 13.3. The maximum atomic E-state index is 9.91. The number of aliphatic hydroxyl groups is 1. The molecule has 1 aliphatic rings. The quantitative estimate of drug-likeness (QED) is 0.843. The van der Waals surface area contributed by atoms with Crippen LogP contribution in [-0.4, -0.2) is 23.9 Å². The molecule has 1 aliphatic carbocycles. The van der Waals surface area contributed by atoms with Crippen molar-refractivity contribution in [2.45, 2.75) is 44.8 Å². The van der Waals surface area contributed by atoms with E-state index in [-0.39, 0.29) is 12.1 Å². The van der Waals surface area contributed by atoms with Gasteiger partial charge in [0.2, 0.25) is 0 Å². The number of anilines is 1. The molecule has 1 aromatic rings. The minimum absolute atomic E-state index is 0.181. The predicted octanol–water partition coefficient (Wildman–Crippen LogP) is 2.80. The number of hydrogen-bond acceptors (Lipinski definition) is 3. The van der Waals surface area contributed by atoms with Gasteiger partial charge in [-0.05, 0) is 31.9 Å². The van der Waals surface area contributed by atoms with E-state index in [0.717, 1.165) is 30.7 Å². The first-order valence-electron chi connectivity index (χ1n) is 6.47. The van der Waals surface area contributed by atoms with Gasteiger partial charge in [0.25, 0.3) is 0 Å². The van der Waals surface area contributed by atoms with E-state index >= 15 is 0 Å². The molecule has 3 nitrogen and oxygen atoms in total. The van der Waals surface area contributed by atoms with E-state index in [1.54, 1.807) is 0 Å². The van der Waals surface area contributed by atoms with Crippen molar-refractivity contribution in [2.24, 2.45) is 0 Å². The summed E-state index contributed by atoms with van der Waals surface area (Å²) in [6, 6.07) is 8.11. The molecule has 1 aromatic carbocycles. The van der Waals surface area contributed by atoms with Gasteiger partial charge >= 0.3 is 0 Å². The van der Waals surface area contributed by atoms with Crippen LogP contribution in [0.3, 0.4) is 0 Å². The third-order valence-electron chi connectivity index (χ3n) is 3.23. The zero-order valence-corrected chi connectivity index (χ0v) is 10.4. The van der Waals surface area contributed by atoms with Crippen LogP contribution >= 0.6 is 0 Å². The zero-order chi connectivity index (χ0) is 12.1. The molecule has 0 heterocycles. The molecule has 0 unspecified atom stereocenters. The monoisotopic (exact) mass is 235 g/mol. The summed E-state index contributed by atoms with van der Waals surface area (Å²) >= 11 is 0. The number of aliphatic hydroxyl groups excluding tert-OH is 1. The van der Waals surface area contributed by atoms with E-state index in [1.807, 2.05) is 31.2 Å². The Hall–Kier alpha value is -1.22. The van der Waals surface area contributed by atoms with E-state index in [9.17, 15) is 5.11 Å². The van der Waals surface area contributed by atoms with Gasteiger partial charge in [-0.15, -0.1) is 0 Å². The van der Waals surface area contributed by atoms with Gasteiger partial charge < -0.3 is 15.2 Å². The summed E-state index contributed by atoms with van der Waals surface area (Å²) in [5.41, 5.74) is 1.03. The van der Waals surface area contributed by atoms with Gasteiger partial charge in [0.1, 0.15) is 5.75 Å². The van der Waals surface area contributed by atoms with Crippen molar-refractivity contribution in [3.05, 3.63) is 24.3 Å². The second kappa shape index (κ2) is 5.92. The molecule has 0 spiro atoms. The van der Waals surface area contributed by atoms with Gasteiger partial charge in [0.15, 0.2) is 0 Å². The standard InChI is InChI=1S/C14H21NO2/c1-2-17-12-7-5-6-11(10-12)15-13-8-3-4-9-14(13)16/h5-7,10,13-16H,2-4,8-9H2,1H3/t13-,14-/m1/s1. The Bertz CT molecular complexity index is 354. The Balaban J connectivity index is 1.99. The van der Waals surface area contributed by atoms with E-state index in [4.69, 9.17) is 4.74 Å². The van der Waals surface area contributed by atoms with Crippen molar-refractivity contribution < 1.29 is 9.84 Å². The van der Waals surface area contributed by atoms with E-state index < -0.39 is 0 Å². The fraction of sp³-hybridized carbons (Fsp3) is 0.571. The van der Waals surface area contributed by atoms with Gasteiger partial charge in [0, 0.05) is 11.8 Å². The average molecular weight is 235 g/mol. The highest BCUT2D eigenvalue weighted by molar-refractivity contribution is 5.49. The van der Waals surface area contributed by atoms with Crippen LogP contribution < -0.4 is 10.1 Å². The molecule has 1 fully saturated rings. The number of hydrogen-bond donors (Lipinski definition) is 2. The molecule has 0 bridgehead atoms. The number of ether oxygens (including phenoxy) is 1. The average Bonchev–Trinajstić information content (AvgIpc) is 2.33.